The Morgan fingerprint density at radius 3 is 2.81 bits per heavy atom. The van der Waals surface area contributed by atoms with Gasteiger partial charge in [-0.1, -0.05) is 12.7 Å². The first-order chi connectivity index (χ1) is 12.6. The topological polar surface area (TPSA) is 102 Å². The van der Waals surface area contributed by atoms with Crippen LogP contribution in [0, 0.1) is 5.92 Å². The molecule has 7 heteroatoms. The highest BCUT2D eigenvalue weighted by molar-refractivity contribution is 5.92. The van der Waals surface area contributed by atoms with Crippen molar-refractivity contribution in [2.75, 3.05) is 6.61 Å². The fourth-order valence-electron chi connectivity index (χ4n) is 4.01. The maximum absolute atomic E-state index is 12.4. The Labute approximate surface area is 158 Å². The lowest BCUT2D eigenvalue weighted by Gasteiger charge is -2.33. The molecule has 0 aromatic heterocycles. The van der Waals surface area contributed by atoms with E-state index in [0.29, 0.717) is 12.0 Å². The first-order valence-electron chi connectivity index (χ1n) is 9.11. The Morgan fingerprint density at radius 2 is 2.19 bits per heavy atom. The van der Waals surface area contributed by atoms with Crippen molar-refractivity contribution in [3.8, 4) is 0 Å². The van der Waals surface area contributed by atoms with Crippen molar-refractivity contribution in [1.29, 1.82) is 0 Å². The Morgan fingerprint density at radius 1 is 1.48 bits per heavy atom. The van der Waals surface area contributed by atoms with Crippen LogP contribution in [-0.2, 0) is 23.8 Å². The van der Waals surface area contributed by atoms with Gasteiger partial charge in [0.05, 0.1) is 18.1 Å². The summed E-state index contributed by atoms with van der Waals surface area (Å²) in [6.45, 7) is 8.59. The average molecular weight is 378 g/mol. The number of rotatable bonds is 3. The van der Waals surface area contributed by atoms with Gasteiger partial charge in [-0.15, -0.1) is 0 Å². The Bertz CT molecular complexity index is 737. The molecular weight excluding hydrogens is 352 g/mol. The monoisotopic (exact) mass is 378 g/mol. The van der Waals surface area contributed by atoms with Crippen LogP contribution in [-0.4, -0.2) is 52.4 Å². The van der Waals surface area contributed by atoms with Crippen LogP contribution in [0.4, 0.5) is 0 Å². The third-order valence-electron chi connectivity index (χ3n) is 5.75. The molecule has 2 bridgehead atoms. The lowest BCUT2D eigenvalue weighted by Crippen LogP contribution is -2.40. The maximum Gasteiger partial charge on any atom is 0.334 e. The van der Waals surface area contributed by atoms with E-state index in [0.717, 1.165) is 0 Å². The van der Waals surface area contributed by atoms with E-state index in [1.54, 1.807) is 19.9 Å². The second-order valence-electron chi connectivity index (χ2n) is 7.73. The summed E-state index contributed by atoms with van der Waals surface area (Å²) >= 11 is 0. The average Bonchev–Trinajstić information content (AvgIpc) is 3.08. The van der Waals surface area contributed by atoms with E-state index >= 15 is 0 Å². The minimum atomic E-state index is -1.64. The molecule has 0 unspecified atom stereocenters. The van der Waals surface area contributed by atoms with Gasteiger partial charge in [0.15, 0.2) is 5.79 Å². The van der Waals surface area contributed by atoms with Gasteiger partial charge in [-0.3, -0.25) is 0 Å². The molecule has 27 heavy (non-hydrogen) atoms. The van der Waals surface area contributed by atoms with Crippen molar-refractivity contribution >= 4 is 11.9 Å². The van der Waals surface area contributed by atoms with Crippen LogP contribution in [0.2, 0.25) is 0 Å². The molecule has 148 valence electrons. The lowest BCUT2D eigenvalue weighted by molar-refractivity contribution is -0.205. The van der Waals surface area contributed by atoms with E-state index in [1.165, 1.54) is 6.08 Å². The van der Waals surface area contributed by atoms with Crippen LogP contribution in [0.1, 0.15) is 40.0 Å². The number of aliphatic hydroxyl groups is 2. The third-order valence-corrected chi connectivity index (χ3v) is 5.75. The van der Waals surface area contributed by atoms with E-state index in [2.05, 4.69) is 6.58 Å². The molecular formula is C20H26O7. The smallest absolute Gasteiger partial charge is 0.334 e. The predicted octanol–water partition coefficient (Wildman–Crippen LogP) is 1.54. The minimum absolute atomic E-state index is 0.206. The molecule has 0 aromatic rings. The van der Waals surface area contributed by atoms with E-state index < -0.39 is 48.1 Å². The van der Waals surface area contributed by atoms with E-state index in [9.17, 15) is 19.8 Å². The predicted molar refractivity (Wildman–Crippen MR) is 95.3 cm³/mol. The van der Waals surface area contributed by atoms with Gasteiger partial charge >= 0.3 is 11.9 Å². The molecule has 7 nitrogen and oxygen atoms in total. The van der Waals surface area contributed by atoms with Crippen molar-refractivity contribution < 1.29 is 34.0 Å². The van der Waals surface area contributed by atoms with Crippen LogP contribution in [0.5, 0.6) is 0 Å². The zero-order valence-electron chi connectivity index (χ0n) is 15.9. The Kier molecular flexibility index (Phi) is 5.05. The number of hydrogen-bond acceptors (Lipinski definition) is 7. The first-order valence-corrected chi connectivity index (χ1v) is 9.11. The second-order valence-corrected chi connectivity index (χ2v) is 7.73. The summed E-state index contributed by atoms with van der Waals surface area (Å²) in [7, 11) is 0. The van der Waals surface area contributed by atoms with Crippen LogP contribution in [0.15, 0.2) is 35.5 Å². The third kappa shape index (κ3) is 3.47. The summed E-state index contributed by atoms with van der Waals surface area (Å²) in [5.41, 5.74) is 0.0968. The molecule has 0 saturated carbocycles. The number of esters is 2. The SMILES string of the molecule is C=C1C(=O)O[C@@H]2/C=C(/CO)[C@@]3(O)CC[C@](C)(C[C@@H](OC(=O)/C(C)=C\C)[C@@H]12)O3. The summed E-state index contributed by atoms with van der Waals surface area (Å²) in [6.07, 6.45) is 2.69. The molecule has 0 radical (unpaired) electrons. The molecule has 3 heterocycles. The van der Waals surface area contributed by atoms with E-state index in [4.69, 9.17) is 14.2 Å². The highest BCUT2D eigenvalue weighted by Gasteiger charge is 2.54. The quantitative estimate of drug-likeness (QED) is 0.436. The van der Waals surface area contributed by atoms with Gasteiger partial charge in [-0.2, -0.15) is 0 Å². The highest BCUT2D eigenvalue weighted by Crippen LogP contribution is 2.47. The standard InChI is InChI=1S/C20H26O7/c1-5-11(2)17(22)26-15-9-19(4)6-7-20(24,27-19)13(10-21)8-14-16(15)12(3)18(23)25-14/h5,8,14-16,21,24H,3,6-7,9-10H2,1-2,4H3/b11-5-,13-8-/t14-,15-,16+,19-,20-/m1/s1. The van der Waals surface area contributed by atoms with Crippen LogP contribution in [0.3, 0.4) is 0 Å². The van der Waals surface area contributed by atoms with E-state index in [-0.39, 0.29) is 24.0 Å². The number of allylic oxidation sites excluding steroid dienone is 1. The van der Waals surface area contributed by atoms with Gasteiger partial charge in [-0.05, 0) is 33.3 Å². The summed E-state index contributed by atoms with van der Waals surface area (Å²) in [4.78, 5) is 24.6. The van der Waals surface area contributed by atoms with Crippen molar-refractivity contribution in [3.05, 3.63) is 35.5 Å². The number of carbonyl (C=O) groups excluding carboxylic acids is 2. The highest BCUT2D eigenvalue weighted by atomic mass is 16.6. The molecule has 0 aliphatic carbocycles. The molecule has 0 spiro atoms. The Balaban J connectivity index is 2.05. The van der Waals surface area contributed by atoms with Gasteiger partial charge in [0.1, 0.15) is 12.2 Å². The molecule has 2 saturated heterocycles. The van der Waals surface area contributed by atoms with Gasteiger partial charge in [0.2, 0.25) is 0 Å². The molecule has 0 amide bonds. The number of ether oxygens (including phenoxy) is 3. The summed E-state index contributed by atoms with van der Waals surface area (Å²) < 4.78 is 17.1. The van der Waals surface area contributed by atoms with Crippen molar-refractivity contribution in [2.45, 2.75) is 63.6 Å². The van der Waals surface area contributed by atoms with E-state index in [1.807, 2.05) is 6.92 Å². The molecule has 5 atom stereocenters. The molecule has 2 N–H and O–H groups in total. The number of hydrogen-bond donors (Lipinski definition) is 2. The van der Waals surface area contributed by atoms with Crippen molar-refractivity contribution in [3.63, 3.8) is 0 Å². The fraction of sp³-hybridized carbons (Fsp3) is 0.600. The first kappa shape index (κ1) is 19.8. The number of aliphatic hydroxyl groups excluding tert-OH is 1. The Hall–Kier alpha value is -1.96. The summed E-state index contributed by atoms with van der Waals surface area (Å²) in [6, 6.07) is 0. The fourth-order valence-corrected chi connectivity index (χ4v) is 4.01. The van der Waals surface area contributed by atoms with Gasteiger partial charge in [-0.25, -0.2) is 9.59 Å². The zero-order valence-corrected chi connectivity index (χ0v) is 15.9. The molecule has 0 aromatic carbocycles. The largest absolute Gasteiger partial charge is 0.458 e. The maximum atomic E-state index is 12.4. The number of fused-ring (bicyclic) bond motifs is 3. The van der Waals surface area contributed by atoms with Gasteiger partial charge < -0.3 is 24.4 Å². The van der Waals surface area contributed by atoms with Crippen LogP contribution < -0.4 is 0 Å². The normalized spacial score (nSPS) is 41.0. The molecule has 3 aliphatic heterocycles. The van der Waals surface area contributed by atoms with Crippen LogP contribution in [0.25, 0.3) is 0 Å². The van der Waals surface area contributed by atoms with Crippen molar-refractivity contribution in [1.82, 2.24) is 0 Å². The number of carbonyl (C=O) groups is 2. The zero-order chi connectivity index (χ0) is 20.0. The second kappa shape index (κ2) is 6.89. The minimum Gasteiger partial charge on any atom is -0.458 e. The van der Waals surface area contributed by atoms with Gasteiger partial charge in [0.25, 0.3) is 0 Å². The summed E-state index contributed by atoms with van der Waals surface area (Å²) in [5, 5.41) is 20.7. The lowest BCUT2D eigenvalue weighted by atomic mass is 9.81. The molecule has 2 fully saturated rings. The molecule has 3 aliphatic rings. The summed E-state index contributed by atoms with van der Waals surface area (Å²) in [5.74, 6) is -3.32. The van der Waals surface area contributed by atoms with Crippen molar-refractivity contribution in [2.24, 2.45) is 5.92 Å². The molecule has 3 rings (SSSR count). The van der Waals surface area contributed by atoms with Crippen LogP contribution >= 0.6 is 0 Å². The van der Waals surface area contributed by atoms with Gasteiger partial charge in [0, 0.05) is 29.6 Å².